The van der Waals surface area contributed by atoms with Gasteiger partial charge in [-0.1, -0.05) is 0 Å². The van der Waals surface area contributed by atoms with Crippen molar-refractivity contribution in [2.75, 3.05) is 28.6 Å². The van der Waals surface area contributed by atoms with E-state index in [0.29, 0.717) is 24.5 Å². The summed E-state index contributed by atoms with van der Waals surface area (Å²) < 4.78 is 70.7. The Bertz CT molecular complexity index is 2050. The summed E-state index contributed by atoms with van der Waals surface area (Å²) in [5, 5.41) is 2.18. The number of anilines is 2. The fraction of sp³-hybridized carbons (Fsp3) is 0.241. The number of benzene rings is 3. The van der Waals surface area contributed by atoms with E-state index in [1.807, 2.05) is 71.3 Å². The molecule has 0 saturated heterocycles. The second kappa shape index (κ2) is 12.4. The van der Waals surface area contributed by atoms with Crippen LogP contribution in [0.4, 0.5) is 17.1 Å². The summed E-state index contributed by atoms with van der Waals surface area (Å²) in [5.74, 6) is -0.282. The quantitative estimate of drug-likeness (QED) is 0.0811. The zero-order valence-corrected chi connectivity index (χ0v) is 27.1. The van der Waals surface area contributed by atoms with E-state index < -0.39 is 31.9 Å². The Morgan fingerprint density at radius 1 is 1.09 bits per heavy atom. The Morgan fingerprint density at radius 2 is 1.84 bits per heavy atom. The predicted molar refractivity (Wildman–Crippen MR) is 169 cm³/mol. The van der Waals surface area contributed by atoms with Crippen LogP contribution in [0, 0.1) is 6.57 Å². The molecule has 0 saturated carbocycles. The summed E-state index contributed by atoms with van der Waals surface area (Å²) in [6.07, 6.45) is 6.13. The molecule has 1 aliphatic rings. The Balaban J connectivity index is 1.57. The van der Waals surface area contributed by atoms with E-state index in [1.165, 1.54) is 0 Å². The number of unbranched alkanes of at least 4 members (excludes halogenated alkanes) is 1. The fourth-order valence-electron chi connectivity index (χ4n) is 5.25. The van der Waals surface area contributed by atoms with Gasteiger partial charge in [0.25, 0.3) is 0 Å². The molecule has 0 fully saturated rings. The number of hydrogen-bond acceptors (Lipinski definition) is 7. The maximum absolute atomic E-state index is 12.0. The molecule has 1 N–H and O–H groups in total. The minimum absolute atomic E-state index is 0.188. The number of hydrogen-bond donors (Lipinski definition) is 1. The molecule has 4 aromatic rings. The second-order valence-electron chi connectivity index (χ2n) is 9.87. The first-order valence-electron chi connectivity index (χ1n) is 13.3. The molecule has 0 amide bonds. The summed E-state index contributed by atoms with van der Waals surface area (Å²) in [6.45, 7) is 10.4. The number of aromatic nitrogens is 1. The number of nitrogens with zero attached hydrogens (tertiary/aromatic N) is 4. The van der Waals surface area contributed by atoms with Gasteiger partial charge in [-0.15, -0.1) is 0 Å². The molecule has 1 aromatic heterocycles. The van der Waals surface area contributed by atoms with Gasteiger partial charge in [-0.25, -0.2) is 0 Å². The molecule has 224 valence electrons. The van der Waals surface area contributed by atoms with Crippen molar-refractivity contribution in [3.8, 4) is 0 Å². The zero-order valence-electron chi connectivity index (χ0n) is 23.0. The number of rotatable bonds is 10. The molecule has 0 atom stereocenters. The first kappa shape index (κ1) is 31.2. The van der Waals surface area contributed by atoms with Crippen molar-refractivity contribution >= 4 is 90.0 Å². The van der Waals surface area contributed by atoms with Crippen molar-refractivity contribution in [1.82, 2.24) is 0 Å². The average Bonchev–Trinajstić information content (AvgIpc) is 3.43. The van der Waals surface area contributed by atoms with Gasteiger partial charge in [-0.05, 0) is 0 Å². The van der Waals surface area contributed by atoms with Gasteiger partial charge in [-0.2, -0.15) is 0 Å². The zero-order chi connectivity index (χ0) is 30.9. The molecule has 43 heavy (non-hydrogen) atoms. The standard InChI is InChI=1S/C29H27ClN4O6S2Se/c1-3-32-24-17-22(30)23(31-2)18-25(24)33(15-6-7-16-41(35,36)37)27(32)11-8-12-28-34(19-42(38,39)40)29-21-10-5-4-9-20(21)13-14-26(29)43-28/h4-5,8-14,17-18H,3,6-7,15-16,19H2,1H3,(H-,35,36,37,38,39,40). The summed E-state index contributed by atoms with van der Waals surface area (Å²) in [4.78, 5) is 7.51. The van der Waals surface area contributed by atoms with E-state index in [4.69, 9.17) is 18.2 Å². The van der Waals surface area contributed by atoms with Gasteiger partial charge in [0, 0.05) is 0 Å². The maximum atomic E-state index is 12.0. The van der Waals surface area contributed by atoms with Crippen LogP contribution in [0.5, 0.6) is 0 Å². The first-order chi connectivity index (χ1) is 20.4. The molecule has 0 radical (unpaired) electrons. The monoisotopic (exact) mass is 706 g/mol. The fourth-order valence-corrected chi connectivity index (χ4v) is 9.08. The normalized spacial score (nSPS) is 14.8. The molecule has 3 aromatic carbocycles. The van der Waals surface area contributed by atoms with Crippen LogP contribution < -0.4 is 14.4 Å². The van der Waals surface area contributed by atoms with E-state index in [0.717, 1.165) is 42.3 Å². The van der Waals surface area contributed by atoms with Crippen LogP contribution >= 0.6 is 11.6 Å². The molecule has 0 aliphatic carbocycles. The Morgan fingerprint density at radius 3 is 2.53 bits per heavy atom. The molecule has 10 nitrogen and oxygen atoms in total. The van der Waals surface area contributed by atoms with Gasteiger partial charge >= 0.3 is 262 Å². The van der Waals surface area contributed by atoms with Gasteiger partial charge in [0.15, 0.2) is 0 Å². The third kappa shape index (κ3) is 6.81. The first-order valence-corrected chi connectivity index (χ1v) is 18.5. The average molecular weight is 706 g/mol. The SMILES string of the molecule is [C-]#[N+]c1cc2c(cc1Cl)N(CC)/C(=C\C=C\c1[se]c3ccc4ccccc4c3[n+]1CS(=O)(=O)O)N2CCCCS(=O)(=O)[O-]. The Kier molecular flexibility index (Phi) is 9.02. The molecule has 0 bridgehead atoms. The van der Waals surface area contributed by atoms with Crippen molar-refractivity contribution in [2.45, 2.75) is 25.6 Å². The van der Waals surface area contributed by atoms with Crippen LogP contribution in [0.3, 0.4) is 0 Å². The van der Waals surface area contributed by atoms with Crippen LogP contribution in [0.2, 0.25) is 5.02 Å². The van der Waals surface area contributed by atoms with Crippen molar-refractivity contribution in [2.24, 2.45) is 0 Å². The Labute approximate surface area is 261 Å². The van der Waals surface area contributed by atoms with Gasteiger partial charge in [0.05, 0.1) is 0 Å². The van der Waals surface area contributed by atoms with Gasteiger partial charge < -0.3 is 0 Å². The topological polar surface area (TPSA) is 126 Å². The van der Waals surface area contributed by atoms with Crippen molar-refractivity contribution in [3.63, 3.8) is 0 Å². The van der Waals surface area contributed by atoms with Gasteiger partial charge in [-0.3, -0.25) is 0 Å². The number of halogens is 1. The van der Waals surface area contributed by atoms with E-state index in [9.17, 15) is 25.9 Å². The van der Waals surface area contributed by atoms with Crippen molar-refractivity contribution in [3.05, 3.63) is 87.5 Å². The third-order valence-corrected chi connectivity index (χ3v) is 11.0. The van der Waals surface area contributed by atoms with E-state index >= 15 is 0 Å². The Hall–Kier alpha value is -3.21. The number of allylic oxidation sites excluding steroid dienone is 2. The van der Waals surface area contributed by atoms with Crippen molar-refractivity contribution < 1.29 is 30.5 Å². The number of fused-ring (bicyclic) bond motifs is 4. The molecule has 0 unspecified atom stereocenters. The van der Waals surface area contributed by atoms with Gasteiger partial charge in [0.1, 0.15) is 0 Å². The molecule has 14 heteroatoms. The third-order valence-electron chi connectivity index (χ3n) is 7.03. The molecular weight excluding hydrogens is 679 g/mol. The van der Waals surface area contributed by atoms with Gasteiger partial charge in [0.2, 0.25) is 0 Å². The summed E-state index contributed by atoms with van der Waals surface area (Å²) in [7, 11) is -8.67. The summed E-state index contributed by atoms with van der Waals surface area (Å²) in [6, 6.07) is 15.1. The predicted octanol–water partition coefficient (Wildman–Crippen LogP) is 4.91. The van der Waals surface area contributed by atoms with Crippen LogP contribution in [0.15, 0.2) is 66.5 Å². The molecule has 2 heterocycles. The van der Waals surface area contributed by atoms with Crippen LogP contribution in [-0.2, 0) is 26.1 Å². The summed E-state index contributed by atoms with van der Waals surface area (Å²) >= 11 is 6.15. The molecule has 0 spiro atoms. The van der Waals surface area contributed by atoms with Crippen molar-refractivity contribution in [1.29, 1.82) is 0 Å². The van der Waals surface area contributed by atoms with Crippen LogP contribution in [0.1, 0.15) is 24.3 Å². The van der Waals surface area contributed by atoms with E-state index in [-0.39, 0.29) is 26.6 Å². The molecule has 5 rings (SSSR count). The summed E-state index contributed by atoms with van der Waals surface area (Å²) in [5.41, 5.74) is 2.59. The van der Waals surface area contributed by atoms with Crippen LogP contribution in [-0.4, -0.2) is 59.3 Å². The van der Waals surface area contributed by atoms with E-state index in [2.05, 4.69) is 4.85 Å². The second-order valence-corrected chi connectivity index (χ2v) is 15.4. The molecular formula is C29H27ClN4O6S2Se. The van der Waals surface area contributed by atoms with Crippen LogP contribution in [0.25, 0.3) is 31.5 Å². The van der Waals surface area contributed by atoms with E-state index in [1.54, 1.807) is 16.7 Å². The minimum atomic E-state index is -4.34. The molecule has 1 aliphatic heterocycles.